The van der Waals surface area contributed by atoms with Crippen LogP contribution in [0, 0.1) is 0 Å². The smallest absolute Gasteiger partial charge is 0.0728 e. The first-order chi connectivity index (χ1) is 8.25. The van der Waals surface area contributed by atoms with Crippen LogP contribution in [0.5, 0.6) is 0 Å². The number of hydrogen-bond acceptors (Lipinski definition) is 1. The molecule has 0 amide bonds. The second kappa shape index (κ2) is 4.19. The van der Waals surface area contributed by atoms with Crippen molar-refractivity contribution in [3.05, 3.63) is 51.8 Å². The minimum atomic E-state index is 0.312. The van der Waals surface area contributed by atoms with Crippen molar-refractivity contribution in [2.75, 3.05) is 0 Å². The Morgan fingerprint density at radius 1 is 1.35 bits per heavy atom. The number of aryl methyl sites for hydroxylation is 1. The number of fused-ring (bicyclic) bond motifs is 1. The zero-order valence-corrected chi connectivity index (χ0v) is 10.6. The lowest BCUT2D eigenvalue weighted by Gasteiger charge is -2.11. The Hall–Kier alpha value is -1.28. The van der Waals surface area contributed by atoms with E-state index in [-0.39, 0.29) is 0 Å². The van der Waals surface area contributed by atoms with Crippen molar-refractivity contribution in [2.24, 2.45) is 0 Å². The molecular formula is C14H15ClN2. The maximum atomic E-state index is 6.04. The first kappa shape index (κ1) is 10.8. The van der Waals surface area contributed by atoms with E-state index in [9.17, 15) is 0 Å². The summed E-state index contributed by atoms with van der Waals surface area (Å²) in [5.41, 5.74) is 5.19. The van der Waals surface area contributed by atoms with Gasteiger partial charge in [0, 0.05) is 16.6 Å². The Morgan fingerprint density at radius 3 is 3.06 bits per heavy atom. The zero-order chi connectivity index (χ0) is 11.8. The van der Waals surface area contributed by atoms with Crippen LogP contribution in [0.25, 0.3) is 0 Å². The lowest BCUT2D eigenvalue weighted by molar-refractivity contribution is 0.798. The summed E-state index contributed by atoms with van der Waals surface area (Å²) in [6, 6.07) is 8.06. The van der Waals surface area contributed by atoms with E-state index in [1.807, 2.05) is 18.2 Å². The third kappa shape index (κ3) is 1.87. The van der Waals surface area contributed by atoms with Crippen molar-refractivity contribution in [3.8, 4) is 0 Å². The predicted octanol–water partition coefficient (Wildman–Crippen LogP) is 3.70. The molecule has 88 valence electrons. The number of aromatic amines is 1. The van der Waals surface area contributed by atoms with E-state index in [4.69, 9.17) is 11.6 Å². The maximum absolute atomic E-state index is 6.04. The topological polar surface area (TPSA) is 28.7 Å². The number of H-pyrrole nitrogens is 1. The van der Waals surface area contributed by atoms with Crippen LogP contribution in [-0.2, 0) is 12.8 Å². The van der Waals surface area contributed by atoms with Crippen molar-refractivity contribution in [3.63, 3.8) is 0 Å². The van der Waals surface area contributed by atoms with E-state index in [0.29, 0.717) is 5.92 Å². The van der Waals surface area contributed by atoms with Gasteiger partial charge in [0.05, 0.1) is 5.69 Å². The van der Waals surface area contributed by atoms with E-state index in [0.717, 1.165) is 17.9 Å². The first-order valence-corrected chi connectivity index (χ1v) is 6.45. The summed E-state index contributed by atoms with van der Waals surface area (Å²) >= 11 is 6.04. The number of benzene rings is 1. The van der Waals surface area contributed by atoms with Crippen molar-refractivity contribution in [1.82, 2.24) is 10.2 Å². The molecule has 1 atom stereocenters. The summed E-state index contributed by atoms with van der Waals surface area (Å²) in [5.74, 6) is 0.312. The van der Waals surface area contributed by atoms with Crippen molar-refractivity contribution >= 4 is 11.6 Å². The van der Waals surface area contributed by atoms with E-state index in [1.54, 1.807) is 0 Å². The van der Waals surface area contributed by atoms with Crippen molar-refractivity contribution < 1.29 is 0 Å². The molecule has 2 nitrogen and oxygen atoms in total. The molecule has 1 aromatic carbocycles. The summed E-state index contributed by atoms with van der Waals surface area (Å²) in [6.07, 6.45) is 3.55. The number of aromatic nitrogens is 2. The quantitative estimate of drug-likeness (QED) is 0.860. The third-order valence-electron chi connectivity index (χ3n) is 3.60. The molecule has 0 bridgehead atoms. The Morgan fingerprint density at radius 2 is 2.24 bits per heavy atom. The SMILES string of the molecule is CC(c1cccc(Cl)c1)c1n[nH]c2c1CCC2. The van der Waals surface area contributed by atoms with Crippen LogP contribution in [-0.4, -0.2) is 10.2 Å². The Labute approximate surface area is 106 Å². The average molecular weight is 247 g/mol. The molecule has 0 saturated heterocycles. The number of nitrogens with one attached hydrogen (secondary N) is 1. The summed E-state index contributed by atoms with van der Waals surface area (Å²) in [4.78, 5) is 0. The molecule has 0 fully saturated rings. The Balaban J connectivity index is 1.98. The van der Waals surface area contributed by atoms with Gasteiger partial charge >= 0.3 is 0 Å². The van der Waals surface area contributed by atoms with Crippen LogP contribution < -0.4 is 0 Å². The average Bonchev–Trinajstić information content (AvgIpc) is 2.89. The van der Waals surface area contributed by atoms with E-state index < -0.39 is 0 Å². The monoisotopic (exact) mass is 246 g/mol. The maximum Gasteiger partial charge on any atom is 0.0728 e. The van der Waals surface area contributed by atoms with Gasteiger partial charge in [-0.1, -0.05) is 30.7 Å². The van der Waals surface area contributed by atoms with Gasteiger partial charge in [0.1, 0.15) is 0 Å². The van der Waals surface area contributed by atoms with Gasteiger partial charge in [-0.15, -0.1) is 0 Å². The molecule has 0 saturated carbocycles. The van der Waals surface area contributed by atoms with E-state index in [1.165, 1.54) is 28.9 Å². The molecule has 1 N–H and O–H groups in total. The summed E-state index contributed by atoms with van der Waals surface area (Å²) in [5, 5.41) is 8.44. The number of nitrogens with zero attached hydrogens (tertiary/aromatic N) is 1. The second-order valence-electron chi connectivity index (χ2n) is 4.70. The van der Waals surface area contributed by atoms with Gasteiger partial charge < -0.3 is 0 Å². The normalized spacial score (nSPS) is 15.9. The lowest BCUT2D eigenvalue weighted by Crippen LogP contribution is -1.99. The van der Waals surface area contributed by atoms with Crippen LogP contribution >= 0.6 is 11.6 Å². The van der Waals surface area contributed by atoms with Crippen molar-refractivity contribution in [1.29, 1.82) is 0 Å². The number of halogens is 1. The molecule has 1 unspecified atom stereocenters. The largest absolute Gasteiger partial charge is 0.282 e. The molecular weight excluding hydrogens is 232 g/mol. The van der Waals surface area contributed by atoms with Gasteiger partial charge in [-0.3, -0.25) is 5.10 Å². The fourth-order valence-electron chi connectivity index (χ4n) is 2.64. The highest BCUT2D eigenvalue weighted by molar-refractivity contribution is 6.30. The molecule has 17 heavy (non-hydrogen) atoms. The van der Waals surface area contributed by atoms with Crippen LogP contribution in [0.4, 0.5) is 0 Å². The standard InChI is InChI=1S/C14H15ClN2/c1-9(10-4-2-5-11(15)8-10)14-12-6-3-7-13(12)16-17-14/h2,4-5,8-9H,3,6-7H2,1H3,(H,16,17). The molecule has 2 aromatic rings. The molecule has 1 aliphatic carbocycles. The number of rotatable bonds is 2. The van der Waals surface area contributed by atoms with Gasteiger partial charge in [-0.05, 0) is 42.5 Å². The van der Waals surface area contributed by atoms with Gasteiger partial charge in [-0.2, -0.15) is 5.10 Å². The first-order valence-electron chi connectivity index (χ1n) is 6.07. The third-order valence-corrected chi connectivity index (χ3v) is 3.83. The van der Waals surface area contributed by atoms with Gasteiger partial charge in [0.15, 0.2) is 0 Å². The molecule has 0 spiro atoms. The van der Waals surface area contributed by atoms with Crippen LogP contribution in [0.1, 0.15) is 41.8 Å². The molecule has 1 aromatic heterocycles. The highest BCUT2D eigenvalue weighted by Crippen LogP contribution is 2.32. The highest BCUT2D eigenvalue weighted by atomic mass is 35.5. The van der Waals surface area contributed by atoms with Crippen molar-refractivity contribution in [2.45, 2.75) is 32.1 Å². The van der Waals surface area contributed by atoms with E-state index >= 15 is 0 Å². The fourth-order valence-corrected chi connectivity index (χ4v) is 2.84. The van der Waals surface area contributed by atoms with Crippen LogP contribution in [0.2, 0.25) is 5.02 Å². The van der Waals surface area contributed by atoms with Gasteiger partial charge in [0.25, 0.3) is 0 Å². The zero-order valence-electron chi connectivity index (χ0n) is 9.83. The predicted molar refractivity (Wildman–Crippen MR) is 69.6 cm³/mol. The van der Waals surface area contributed by atoms with Gasteiger partial charge in [-0.25, -0.2) is 0 Å². The summed E-state index contributed by atoms with van der Waals surface area (Å²) < 4.78 is 0. The lowest BCUT2D eigenvalue weighted by atomic mass is 9.94. The fraction of sp³-hybridized carbons (Fsp3) is 0.357. The van der Waals surface area contributed by atoms with E-state index in [2.05, 4.69) is 23.2 Å². The number of hydrogen-bond donors (Lipinski definition) is 1. The molecule has 3 heteroatoms. The summed E-state index contributed by atoms with van der Waals surface area (Å²) in [6.45, 7) is 2.19. The van der Waals surface area contributed by atoms with Crippen LogP contribution in [0.15, 0.2) is 24.3 Å². The minimum absolute atomic E-state index is 0.312. The Bertz CT molecular complexity index is 545. The van der Waals surface area contributed by atoms with Crippen LogP contribution in [0.3, 0.4) is 0 Å². The highest BCUT2D eigenvalue weighted by Gasteiger charge is 2.22. The molecule has 1 heterocycles. The second-order valence-corrected chi connectivity index (χ2v) is 5.13. The molecule has 0 aliphatic heterocycles. The minimum Gasteiger partial charge on any atom is -0.282 e. The molecule has 0 radical (unpaired) electrons. The molecule has 1 aliphatic rings. The summed E-state index contributed by atoms with van der Waals surface area (Å²) in [7, 11) is 0. The molecule has 3 rings (SSSR count). The van der Waals surface area contributed by atoms with Gasteiger partial charge in [0.2, 0.25) is 0 Å². The Kier molecular flexibility index (Phi) is 2.67.